The zero-order chi connectivity index (χ0) is 11.5. The summed E-state index contributed by atoms with van der Waals surface area (Å²) in [6.07, 6.45) is 2.01. The summed E-state index contributed by atoms with van der Waals surface area (Å²) in [5, 5.41) is 17.8. The topological polar surface area (TPSA) is 70.7 Å². The highest BCUT2D eigenvalue weighted by Gasteiger charge is 2.08. The fourth-order valence-electron chi connectivity index (χ4n) is 1.43. The number of aromatic carboxylic acids is 1. The van der Waals surface area contributed by atoms with E-state index >= 15 is 0 Å². The van der Waals surface area contributed by atoms with Crippen LogP contribution in [0.15, 0.2) is 41.0 Å². The van der Waals surface area contributed by atoms with E-state index in [2.05, 4.69) is 0 Å². The Hall–Kier alpha value is -2.23. The molecule has 0 unspecified atom stereocenters. The molecule has 0 radical (unpaired) electrons. The minimum atomic E-state index is -1.07. The second-order valence-electron chi connectivity index (χ2n) is 3.47. The largest absolute Gasteiger partial charge is 0.508 e. The number of carboxylic acid groups (broad SMARTS) is 1. The van der Waals surface area contributed by atoms with Crippen LogP contribution >= 0.6 is 0 Å². The van der Waals surface area contributed by atoms with E-state index < -0.39 is 5.97 Å². The van der Waals surface area contributed by atoms with Gasteiger partial charge in [0.25, 0.3) is 0 Å². The number of hydrogen-bond acceptors (Lipinski definition) is 3. The minimum absolute atomic E-state index is 0.0613. The Labute approximate surface area is 91.8 Å². The number of hydrogen-bond donors (Lipinski definition) is 2. The highest BCUT2D eigenvalue weighted by Crippen LogP contribution is 2.15. The first kappa shape index (κ1) is 10.3. The van der Waals surface area contributed by atoms with E-state index in [0.29, 0.717) is 6.42 Å². The third-order valence-electron chi connectivity index (χ3n) is 2.21. The molecule has 1 aromatic carbocycles. The molecule has 1 heterocycles. The second-order valence-corrected chi connectivity index (χ2v) is 3.47. The molecule has 4 heteroatoms. The molecule has 2 aromatic rings. The molecule has 0 saturated carbocycles. The normalized spacial score (nSPS) is 10.2. The average Bonchev–Trinajstić information content (AvgIpc) is 2.70. The smallest absolute Gasteiger partial charge is 0.371 e. The first-order chi connectivity index (χ1) is 7.65. The number of furan rings is 1. The van der Waals surface area contributed by atoms with Crippen LogP contribution in [0.2, 0.25) is 0 Å². The van der Waals surface area contributed by atoms with Crippen molar-refractivity contribution in [1.82, 2.24) is 0 Å². The zero-order valence-electron chi connectivity index (χ0n) is 8.38. The van der Waals surface area contributed by atoms with Gasteiger partial charge in [-0.3, -0.25) is 0 Å². The van der Waals surface area contributed by atoms with Crippen molar-refractivity contribution in [1.29, 1.82) is 0 Å². The Morgan fingerprint density at radius 2 is 1.88 bits per heavy atom. The number of phenols is 1. The van der Waals surface area contributed by atoms with E-state index in [9.17, 15) is 4.79 Å². The van der Waals surface area contributed by atoms with Gasteiger partial charge in [-0.25, -0.2) is 4.79 Å². The standard InChI is InChI=1S/C12H10O4/c13-10-3-1-8(2-4-10)5-9-6-11(12(14)15)16-7-9/h1-4,6-7,13H,5H2,(H,14,15). The van der Waals surface area contributed by atoms with Crippen LogP contribution in [0.5, 0.6) is 5.75 Å². The van der Waals surface area contributed by atoms with E-state index in [1.807, 2.05) is 0 Å². The average molecular weight is 218 g/mol. The highest BCUT2D eigenvalue weighted by atomic mass is 16.4. The molecule has 0 amide bonds. The molecule has 0 spiro atoms. The van der Waals surface area contributed by atoms with Gasteiger partial charge in [0.05, 0.1) is 6.26 Å². The Bertz CT molecular complexity index is 496. The van der Waals surface area contributed by atoms with Crippen molar-refractivity contribution in [3.05, 3.63) is 53.5 Å². The van der Waals surface area contributed by atoms with Gasteiger partial charge in [0.2, 0.25) is 5.76 Å². The lowest BCUT2D eigenvalue weighted by molar-refractivity contribution is 0.0662. The molecule has 2 rings (SSSR count). The van der Waals surface area contributed by atoms with Gasteiger partial charge in [0.15, 0.2) is 0 Å². The maximum Gasteiger partial charge on any atom is 0.371 e. The van der Waals surface area contributed by atoms with Gasteiger partial charge in [0.1, 0.15) is 5.75 Å². The summed E-state index contributed by atoms with van der Waals surface area (Å²) >= 11 is 0. The van der Waals surface area contributed by atoms with Crippen LogP contribution in [-0.2, 0) is 6.42 Å². The molecule has 2 N–H and O–H groups in total. The van der Waals surface area contributed by atoms with Crippen molar-refractivity contribution in [3.63, 3.8) is 0 Å². The Morgan fingerprint density at radius 3 is 2.44 bits per heavy atom. The second kappa shape index (κ2) is 4.10. The molecule has 0 aliphatic carbocycles. The van der Waals surface area contributed by atoms with Crippen molar-refractivity contribution in [2.45, 2.75) is 6.42 Å². The lowest BCUT2D eigenvalue weighted by atomic mass is 10.1. The number of carbonyl (C=O) groups is 1. The fourth-order valence-corrected chi connectivity index (χ4v) is 1.43. The van der Waals surface area contributed by atoms with Crippen molar-refractivity contribution >= 4 is 5.97 Å². The number of benzene rings is 1. The summed E-state index contributed by atoms with van der Waals surface area (Å²) in [6.45, 7) is 0. The number of phenolic OH excluding ortho intramolecular Hbond substituents is 1. The minimum Gasteiger partial charge on any atom is -0.508 e. The van der Waals surface area contributed by atoms with Crippen molar-refractivity contribution in [2.24, 2.45) is 0 Å². The molecular weight excluding hydrogens is 208 g/mol. The van der Waals surface area contributed by atoms with Gasteiger partial charge in [-0.1, -0.05) is 12.1 Å². The maximum absolute atomic E-state index is 10.6. The van der Waals surface area contributed by atoms with Gasteiger partial charge in [-0.05, 0) is 29.3 Å². The van der Waals surface area contributed by atoms with Crippen LogP contribution in [0.1, 0.15) is 21.7 Å². The van der Waals surface area contributed by atoms with Crippen LogP contribution in [0.4, 0.5) is 0 Å². The van der Waals surface area contributed by atoms with Crippen LogP contribution in [0.25, 0.3) is 0 Å². The zero-order valence-corrected chi connectivity index (χ0v) is 8.38. The molecule has 0 bridgehead atoms. The monoisotopic (exact) mass is 218 g/mol. The van der Waals surface area contributed by atoms with Gasteiger partial charge in [-0.2, -0.15) is 0 Å². The number of carboxylic acids is 1. The van der Waals surface area contributed by atoms with Gasteiger partial charge < -0.3 is 14.6 Å². The summed E-state index contributed by atoms with van der Waals surface area (Å²) in [7, 11) is 0. The third-order valence-corrected chi connectivity index (χ3v) is 2.21. The molecule has 0 aliphatic heterocycles. The van der Waals surface area contributed by atoms with Crippen LogP contribution in [0.3, 0.4) is 0 Å². The Kier molecular flexibility index (Phi) is 2.64. The summed E-state index contributed by atoms with van der Waals surface area (Å²) in [6, 6.07) is 8.24. The Balaban J connectivity index is 2.14. The van der Waals surface area contributed by atoms with E-state index in [-0.39, 0.29) is 11.5 Å². The van der Waals surface area contributed by atoms with Crippen LogP contribution in [-0.4, -0.2) is 16.2 Å². The van der Waals surface area contributed by atoms with Gasteiger partial charge >= 0.3 is 5.97 Å². The quantitative estimate of drug-likeness (QED) is 0.829. The number of rotatable bonds is 3. The summed E-state index contributed by atoms with van der Waals surface area (Å²) in [5.41, 5.74) is 1.78. The number of aromatic hydroxyl groups is 1. The van der Waals surface area contributed by atoms with E-state index in [1.165, 1.54) is 12.3 Å². The molecule has 0 fully saturated rings. The summed E-state index contributed by atoms with van der Waals surface area (Å²) < 4.78 is 4.87. The molecular formula is C12H10O4. The maximum atomic E-state index is 10.6. The van der Waals surface area contributed by atoms with Crippen LogP contribution < -0.4 is 0 Å². The lowest BCUT2D eigenvalue weighted by Gasteiger charge is -1.97. The first-order valence-corrected chi connectivity index (χ1v) is 4.74. The van der Waals surface area contributed by atoms with Crippen molar-refractivity contribution in [2.75, 3.05) is 0 Å². The first-order valence-electron chi connectivity index (χ1n) is 4.74. The van der Waals surface area contributed by atoms with Crippen LogP contribution in [0, 0.1) is 0 Å². The van der Waals surface area contributed by atoms with Crippen molar-refractivity contribution < 1.29 is 19.4 Å². The SMILES string of the molecule is O=C(O)c1cc(Cc2ccc(O)cc2)co1. The van der Waals surface area contributed by atoms with E-state index in [4.69, 9.17) is 14.6 Å². The molecule has 4 nitrogen and oxygen atoms in total. The lowest BCUT2D eigenvalue weighted by Crippen LogP contribution is -1.92. The summed E-state index contributed by atoms with van der Waals surface area (Å²) in [5.74, 6) is -0.923. The molecule has 16 heavy (non-hydrogen) atoms. The van der Waals surface area contributed by atoms with Gasteiger partial charge in [-0.15, -0.1) is 0 Å². The van der Waals surface area contributed by atoms with Gasteiger partial charge in [0, 0.05) is 6.42 Å². The summed E-state index contributed by atoms with van der Waals surface area (Å²) in [4.78, 5) is 10.6. The van der Waals surface area contributed by atoms with Crippen molar-refractivity contribution in [3.8, 4) is 5.75 Å². The molecule has 0 atom stereocenters. The molecule has 0 aliphatic rings. The van der Waals surface area contributed by atoms with E-state index in [0.717, 1.165) is 11.1 Å². The predicted octanol–water partition coefficient (Wildman–Crippen LogP) is 2.27. The van der Waals surface area contributed by atoms with E-state index in [1.54, 1.807) is 24.3 Å². The molecule has 82 valence electrons. The third kappa shape index (κ3) is 2.23. The molecule has 0 saturated heterocycles. The highest BCUT2D eigenvalue weighted by molar-refractivity contribution is 5.84. The molecule has 1 aromatic heterocycles. The predicted molar refractivity (Wildman–Crippen MR) is 56.6 cm³/mol. The fraction of sp³-hybridized carbons (Fsp3) is 0.0833. The Morgan fingerprint density at radius 1 is 1.19 bits per heavy atom.